The topological polar surface area (TPSA) is 70.1 Å². The number of hydrogen-bond donors (Lipinski definition) is 1. The van der Waals surface area contributed by atoms with E-state index in [0.717, 1.165) is 5.56 Å². The van der Waals surface area contributed by atoms with Crippen LogP contribution in [-0.4, -0.2) is 53.0 Å². The van der Waals surface area contributed by atoms with Gasteiger partial charge in [0.2, 0.25) is 0 Å². The summed E-state index contributed by atoms with van der Waals surface area (Å²) in [5, 5.41) is 9.34. The molecule has 2 aromatic carbocycles. The van der Waals surface area contributed by atoms with E-state index < -0.39 is 0 Å². The molecule has 1 aliphatic rings. The van der Waals surface area contributed by atoms with Crippen molar-refractivity contribution in [3.8, 4) is 5.75 Å². The highest BCUT2D eigenvalue weighted by molar-refractivity contribution is 6.35. The fourth-order valence-corrected chi connectivity index (χ4v) is 3.32. The minimum absolute atomic E-state index is 0.0439. The van der Waals surface area contributed by atoms with Gasteiger partial charge in [-0.05, 0) is 37.1 Å². The fraction of sp³-hybridized carbons (Fsp3) is 0.304. The van der Waals surface area contributed by atoms with Gasteiger partial charge in [-0.1, -0.05) is 42.5 Å². The van der Waals surface area contributed by atoms with Crippen LogP contribution in [0.15, 0.2) is 60.3 Å². The minimum Gasteiger partial charge on any atom is -0.491 e. The Morgan fingerprint density at radius 3 is 2.24 bits per heavy atom. The number of ether oxygens (including phenoxy) is 1. The lowest BCUT2D eigenvalue weighted by Crippen LogP contribution is -2.34. The molecule has 1 heterocycles. The third-order valence-electron chi connectivity index (χ3n) is 4.66. The number of hydrogen-bond acceptors (Lipinski definition) is 5. The SMILES string of the molecule is CC(C)Oc1ccc(C2=C(N(C)CCO)C(=O)N(Cc3ccccc3)C2=O)cc1. The van der Waals surface area contributed by atoms with Crippen molar-refractivity contribution in [3.05, 3.63) is 71.4 Å². The van der Waals surface area contributed by atoms with Gasteiger partial charge < -0.3 is 14.7 Å². The summed E-state index contributed by atoms with van der Waals surface area (Å²) in [5.41, 5.74) is 2.17. The van der Waals surface area contributed by atoms with E-state index in [2.05, 4.69) is 0 Å². The minimum atomic E-state index is -0.354. The largest absolute Gasteiger partial charge is 0.491 e. The van der Waals surface area contributed by atoms with E-state index in [-0.39, 0.29) is 37.6 Å². The molecule has 6 nitrogen and oxygen atoms in total. The van der Waals surface area contributed by atoms with Crippen molar-refractivity contribution in [2.45, 2.75) is 26.5 Å². The van der Waals surface area contributed by atoms with Crippen LogP contribution in [0.2, 0.25) is 0 Å². The highest BCUT2D eigenvalue weighted by Gasteiger charge is 2.40. The molecule has 0 radical (unpaired) electrons. The van der Waals surface area contributed by atoms with E-state index in [1.807, 2.05) is 44.2 Å². The van der Waals surface area contributed by atoms with Crippen molar-refractivity contribution in [3.63, 3.8) is 0 Å². The number of amides is 2. The zero-order valence-electron chi connectivity index (χ0n) is 17.0. The van der Waals surface area contributed by atoms with Crippen LogP contribution in [0.1, 0.15) is 25.0 Å². The molecule has 29 heavy (non-hydrogen) atoms. The summed E-state index contributed by atoms with van der Waals surface area (Å²) in [4.78, 5) is 29.3. The Morgan fingerprint density at radius 2 is 1.66 bits per heavy atom. The van der Waals surface area contributed by atoms with Crippen LogP contribution in [0.25, 0.3) is 5.57 Å². The summed E-state index contributed by atoms with van der Waals surface area (Å²) in [7, 11) is 1.71. The molecule has 2 amide bonds. The second-order valence-electron chi connectivity index (χ2n) is 7.24. The third kappa shape index (κ3) is 4.49. The molecule has 0 aliphatic carbocycles. The van der Waals surface area contributed by atoms with E-state index in [1.54, 1.807) is 36.2 Å². The van der Waals surface area contributed by atoms with Crippen molar-refractivity contribution < 1.29 is 19.4 Å². The van der Waals surface area contributed by atoms with Crippen molar-refractivity contribution in [1.82, 2.24) is 9.80 Å². The molecule has 0 saturated carbocycles. The number of aliphatic hydroxyl groups is 1. The van der Waals surface area contributed by atoms with E-state index in [1.165, 1.54) is 4.90 Å². The number of rotatable bonds is 8. The highest BCUT2D eigenvalue weighted by atomic mass is 16.5. The van der Waals surface area contributed by atoms with Gasteiger partial charge in [-0.25, -0.2) is 0 Å². The van der Waals surface area contributed by atoms with Crippen LogP contribution in [0.4, 0.5) is 0 Å². The number of carbonyl (C=O) groups excluding carboxylic acids is 2. The smallest absolute Gasteiger partial charge is 0.278 e. The van der Waals surface area contributed by atoms with Crippen LogP contribution >= 0.6 is 0 Å². The number of aliphatic hydroxyl groups excluding tert-OH is 1. The van der Waals surface area contributed by atoms with Crippen molar-refractivity contribution in [2.24, 2.45) is 0 Å². The van der Waals surface area contributed by atoms with E-state index >= 15 is 0 Å². The molecule has 1 aliphatic heterocycles. The van der Waals surface area contributed by atoms with Crippen LogP contribution in [0.3, 0.4) is 0 Å². The quantitative estimate of drug-likeness (QED) is 0.697. The maximum atomic E-state index is 13.2. The second-order valence-corrected chi connectivity index (χ2v) is 7.24. The van der Waals surface area contributed by atoms with E-state index in [9.17, 15) is 14.7 Å². The number of benzene rings is 2. The Labute approximate surface area is 171 Å². The predicted molar refractivity (Wildman–Crippen MR) is 111 cm³/mol. The predicted octanol–water partition coefficient (Wildman–Crippen LogP) is 2.68. The number of likely N-dealkylation sites (N-methyl/N-ethyl adjacent to an activating group) is 1. The van der Waals surface area contributed by atoms with Gasteiger partial charge in [-0.2, -0.15) is 0 Å². The number of imide groups is 1. The molecule has 0 spiro atoms. The van der Waals surface area contributed by atoms with Gasteiger partial charge in [-0.15, -0.1) is 0 Å². The maximum absolute atomic E-state index is 13.2. The molecule has 0 bridgehead atoms. The highest BCUT2D eigenvalue weighted by Crippen LogP contribution is 2.33. The summed E-state index contributed by atoms with van der Waals surface area (Å²) in [5.74, 6) is 0.0102. The second kappa shape index (κ2) is 8.92. The van der Waals surface area contributed by atoms with Gasteiger partial charge in [0.25, 0.3) is 11.8 Å². The molecule has 152 valence electrons. The Hall–Kier alpha value is -3.12. The monoisotopic (exact) mass is 394 g/mol. The van der Waals surface area contributed by atoms with Gasteiger partial charge in [0.05, 0.1) is 24.8 Å². The van der Waals surface area contributed by atoms with Gasteiger partial charge in [0.1, 0.15) is 11.4 Å². The molecule has 2 aromatic rings. The Balaban J connectivity index is 1.97. The molecule has 1 N–H and O–H groups in total. The third-order valence-corrected chi connectivity index (χ3v) is 4.66. The van der Waals surface area contributed by atoms with E-state index in [0.29, 0.717) is 22.6 Å². The molecular weight excluding hydrogens is 368 g/mol. The fourth-order valence-electron chi connectivity index (χ4n) is 3.32. The standard InChI is InChI=1S/C23H26N2O4/c1-16(2)29-19-11-9-18(10-12-19)20-21(24(3)13-14-26)23(28)25(22(20)27)15-17-7-5-4-6-8-17/h4-12,16,26H,13-15H2,1-3H3. The summed E-state index contributed by atoms with van der Waals surface area (Å²) in [6.45, 7) is 4.23. The summed E-state index contributed by atoms with van der Waals surface area (Å²) >= 11 is 0. The molecule has 0 aromatic heterocycles. The Bertz CT molecular complexity index is 904. The van der Waals surface area contributed by atoms with Crippen LogP contribution in [-0.2, 0) is 16.1 Å². The Kier molecular flexibility index (Phi) is 6.34. The Morgan fingerprint density at radius 1 is 1.00 bits per heavy atom. The first kappa shape index (κ1) is 20.6. The van der Waals surface area contributed by atoms with Crippen LogP contribution in [0, 0.1) is 0 Å². The van der Waals surface area contributed by atoms with Crippen LogP contribution < -0.4 is 4.74 Å². The first-order valence-electron chi connectivity index (χ1n) is 9.66. The lowest BCUT2D eigenvalue weighted by Gasteiger charge is -2.20. The van der Waals surface area contributed by atoms with Gasteiger partial charge in [0, 0.05) is 13.6 Å². The van der Waals surface area contributed by atoms with Crippen LogP contribution in [0.5, 0.6) is 5.75 Å². The summed E-state index contributed by atoms with van der Waals surface area (Å²) in [6, 6.07) is 16.6. The molecule has 6 heteroatoms. The molecule has 0 atom stereocenters. The molecule has 0 fully saturated rings. The zero-order chi connectivity index (χ0) is 21.0. The van der Waals surface area contributed by atoms with Gasteiger partial charge in [0.15, 0.2) is 0 Å². The molecule has 0 unspecified atom stereocenters. The van der Waals surface area contributed by atoms with Gasteiger partial charge in [-0.3, -0.25) is 14.5 Å². The molecule has 3 rings (SSSR count). The molecule has 0 saturated heterocycles. The van der Waals surface area contributed by atoms with Crippen molar-refractivity contribution >= 4 is 17.4 Å². The summed E-state index contributed by atoms with van der Waals surface area (Å²) < 4.78 is 5.67. The lowest BCUT2D eigenvalue weighted by molar-refractivity contribution is -0.138. The zero-order valence-corrected chi connectivity index (χ0v) is 17.0. The van der Waals surface area contributed by atoms with Crippen molar-refractivity contribution in [2.75, 3.05) is 20.2 Å². The average Bonchev–Trinajstić information content (AvgIpc) is 2.94. The number of nitrogens with zero attached hydrogens (tertiary/aromatic N) is 2. The number of carbonyl (C=O) groups is 2. The maximum Gasteiger partial charge on any atom is 0.278 e. The first-order chi connectivity index (χ1) is 13.9. The van der Waals surface area contributed by atoms with E-state index in [4.69, 9.17) is 4.74 Å². The normalized spacial score (nSPS) is 14.2. The summed E-state index contributed by atoms with van der Waals surface area (Å²) in [6.07, 6.45) is 0.0439. The molecular formula is C23H26N2O4. The average molecular weight is 394 g/mol. The van der Waals surface area contributed by atoms with Gasteiger partial charge >= 0.3 is 0 Å². The first-order valence-corrected chi connectivity index (χ1v) is 9.66. The van der Waals surface area contributed by atoms with Crippen molar-refractivity contribution in [1.29, 1.82) is 0 Å². The lowest BCUT2D eigenvalue weighted by atomic mass is 10.0.